The molecule has 2 aromatic carbocycles. The third-order valence-corrected chi connectivity index (χ3v) is 6.49. The van der Waals surface area contributed by atoms with Gasteiger partial charge in [-0.25, -0.2) is 0 Å². The van der Waals surface area contributed by atoms with Gasteiger partial charge in [-0.3, -0.25) is 30.1 Å². The minimum absolute atomic E-state index is 0.0504. The Bertz CT molecular complexity index is 1110. The van der Waals surface area contributed by atoms with Crippen LogP contribution in [0.3, 0.4) is 0 Å². The van der Waals surface area contributed by atoms with Crippen LogP contribution in [-0.2, 0) is 9.59 Å². The Kier molecular flexibility index (Phi) is 8.12. The minimum Gasteiger partial charge on any atom is -0.292 e. The molecule has 0 spiro atoms. The summed E-state index contributed by atoms with van der Waals surface area (Å²) in [4.78, 5) is 38.7. The average Bonchev–Trinajstić information content (AvgIpc) is 2.97. The van der Waals surface area contributed by atoms with E-state index < -0.39 is 11.8 Å². The number of nitrogens with one attached hydrogen (secondary N) is 2. The number of amides is 3. The molecule has 2 N–H and O–H groups in total. The lowest BCUT2D eigenvalue weighted by Crippen LogP contribution is -2.43. The van der Waals surface area contributed by atoms with Gasteiger partial charge in [-0.15, -0.1) is 0 Å². The van der Waals surface area contributed by atoms with E-state index in [0.717, 1.165) is 10.0 Å². The molecule has 0 atom stereocenters. The van der Waals surface area contributed by atoms with E-state index in [4.69, 9.17) is 35.4 Å². The maximum absolute atomic E-state index is 12.6. The molecule has 2 aromatic rings. The minimum atomic E-state index is -0.586. The highest BCUT2D eigenvalue weighted by molar-refractivity contribution is 9.10. The lowest BCUT2D eigenvalue weighted by Gasteiger charge is -2.14. The molecule has 0 saturated carbocycles. The van der Waals surface area contributed by atoms with Crippen LogP contribution in [0.5, 0.6) is 0 Å². The van der Waals surface area contributed by atoms with Crippen LogP contribution in [0.15, 0.2) is 51.8 Å². The van der Waals surface area contributed by atoms with Crippen molar-refractivity contribution in [2.45, 2.75) is 6.42 Å². The van der Waals surface area contributed by atoms with E-state index in [2.05, 4.69) is 26.8 Å². The zero-order valence-electron chi connectivity index (χ0n) is 15.7. The van der Waals surface area contributed by atoms with Crippen molar-refractivity contribution in [3.05, 3.63) is 73.0 Å². The highest BCUT2D eigenvalue weighted by atomic mass is 79.9. The zero-order chi connectivity index (χ0) is 22.5. The quantitative estimate of drug-likeness (QED) is 0.313. The van der Waals surface area contributed by atoms with Crippen molar-refractivity contribution < 1.29 is 14.4 Å². The molecule has 1 saturated heterocycles. The summed E-state index contributed by atoms with van der Waals surface area (Å²) in [6.07, 6.45) is 1.70. The standard InChI is InChI=1S/C20H14BrCl2N3O3S2/c21-12-3-1-2-11(8-12)9-16-19(29)26(20(30)31-16)7-6-17(27)24-25-18(28)14-5-4-13(22)10-15(14)23/h1-5,8-10H,6-7H2,(H,24,27)(H,25,28)/b16-9-. The van der Waals surface area contributed by atoms with Gasteiger partial charge in [-0.1, -0.05) is 75.2 Å². The molecule has 0 aromatic heterocycles. The maximum atomic E-state index is 12.6. The molecule has 1 aliphatic rings. The summed E-state index contributed by atoms with van der Waals surface area (Å²) >= 11 is 21.6. The number of benzene rings is 2. The maximum Gasteiger partial charge on any atom is 0.271 e. The summed E-state index contributed by atoms with van der Waals surface area (Å²) < 4.78 is 1.27. The Morgan fingerprint density at radius 1 is 1.16 bits per heavy atom. The van der Waals surface area contributed by atoms with Crippen LogP contribution in [0.4, 0.5) is 0 Å². The Labute approximate surface area is 206 Å². The summed E-state index contributed by atoms with van der Waals surface area (Å²) in [6.45, 7) is 0.0872. The van der Waals surface area contributed by atoms with Gasteiger partial charge < -0.3 is 0 Å². The molecule has 0 unspecified atom stereocenters. The molecule has 3 rings (SSSR count). The van der Waals surface area contributed by atoms with Gasteiger partial charge in [0, 0.05) is 22.5 Å². The van der Waals surface area contributed by atoms with E-state index in [1.165, 1.54) is 34.9 Å². The lowest BCUT2D eigenvalue weighted by molar-refractivity contribution is -0.124. The molecule has 0 radical (unpaired) electrons. The third-order valence-electron chi connectivity index (χ3n) is 4.07. The van der Waals surface area contributed by atoms with Crippen LogP contribution in [0.2, 0.25) is 10.0 Å². The molecule has 31 heavy (non-hydrogen) atoms. The summed E-state index contributed by atoms with van der Waals surface area (Å²) in [6, 6.07) is 11.9. The highest BCUT2D eigenvalue weighted by Crippen LogP contribution is 2.32. The van der Waals surface area contributed by atoms with E-state index in [-0.39, 0.29) is 29.5 Å². The number of carbonyl (C=O) groups excluding carboxylic acids is 3. The molecular weight excluding hydrogens is 545 g/mol. The van der Waals surface area contributed by atoms with E-state index in [1.54, 1.807) is 6.08 Å². The van der Waals surface area contributed by atoms with Crippen LogP contribution in [0, 0.1) is 0 Å². The van der Waals surface area contributed by atoms with Gasteiger partial charge >= 0.3 is 0 Å². The van der Waals surface area contributed by atoms with Crippen molar-refractivity contribution in [1.82, 2.24) is 15.8 Å². The molecular formula is C20H14BrCl2N3O3S2. The monoisotopic (exact) mass is 557 g/mol. The van der Waals surface area contributed by atoms with Gasteiger partial charge in [0.2, 0.25) is 5.91 Å². The number of hydrogen-bond acceptors (Lipinski definition) is 5. The Balaban J connectivity index is 1.53. The second-order valence-corrected chi connectivity index (χ2v) is 9.70. The number of thioether (sulfide) groups is 1. The smallest absolute Gasteiger partial charge is 0.271 e. The van der Waals surface area contributed by atoms with Crippen LogP contribution in [0.25, 0.3) is 6.08 Å². The van der Waals surface area contributed by atoms with Gasteiger partial charge in [-0.2, -0.15) is 0 Å². The first-order chi connectivity index (χ1) is 14.7. The summed E-state index contributed by atoms with van der Waals surface area (Å²) in [5, 5.41) is 0.553. The molecule has 6 nitrogen and oxygen atoms in total. The molecule has 1 aliphatic heterocycles. The van der Waals surface area contributed by atoms with Crippen molar-refractivity contribution in [1.29, 1.82) is 0 Å². The van der Waals surface area contributed by atoms with Crippen LogP contribution in [0.1, 0.15) is 22.3 Å². The van der Waals surface area contributed by atoms with Gasteiger partial charge in [-0.05, 0) is 42.0 Å². The summed E-state index contributed by atoms with van der Waals surface area (Å²) in [5.74, 6) is -1.33. The fourth-order valence-corrected chi connectivity index (χ4v) is 4.80. The highest BCUT2D eigenvalue weighted by Gasteiger charge is 2.32. The number of thiocarbonyl (C=S) groups is 1. The molecule has 0 aliphatic carbocycles. The van der Waals surface area contributed by atoms with Crippen molar-refractivity contribution in [3.8, 4) is 0 Å². The van der Waals surface area contributed by atoms with E-state index in [0.29, 0.717) is 14.2 Å². The fraction of sp³-hybridized carbons (Fsp3) is 0.100. The predicted octanol–water partition coefficient (Wildman–Crippen LogP) is 4.81. The number of hydrazine groups is 1. The first-order valence-corrected chi connectivity index (χ1v) is 11.6. The first-order valence-electron chi connectivity index (χ1n) is 8.80. The molecule has 160 valence electrons. The van der Waals surface area contributed by atoms with Gasteiger partial charge in [0.1, 0.15) is 4.32 Å². The average molecular weight is 559 g/mol. The van der Waals surface area contributed by atoms with Crippen molar-refractivity contribution in [2.24, 2.45) is 0 Å². The predicted molar refractivity (Wildman–Crippen MR) is 131 cm³/mol. The normalized spacial score (nSPS) is 14.8. The number of nitrogens with zero attached hydrogens (tertiary/aromatic N) is 1. The van der Waals surface area contributed by atoms with Crippen LogP contribution < -0.4 is 10.9 Å². The Morgan fingerprint density at radius 2 is 1.94 bits per heavy atom. The third kappa shape index (κ3) is 6.30. The molecule has 0 bridgehead atoms. The van der Waals surface area contributed by atoms with E-state index in [1.807, 2.05) is 24.3 Å². The van der Waals surface area contributed by atoms with Gasteiger partial charge in [0.25, 0.3) is 11.8 Å². The molecule has 1 heterocycles. The lowest BCUT2D eigenvalue weighted by atomic mass is 10.2. The van der Waals surface area contributed by atoms with Crippen LogP contribution in [-0.4, -0.2) is 33.5 Å². The van der Waals surface area contributed by atoms with E-state index >= 15 is 0 Å². The Hall–Kier alpha value is -1.91. The van der Waals surface area contributed by atoms with Crippen molar-refractivity contribution in [3.63, 3.8) is 0 Å². The SMILES string of the molecule is O=C(CCN1C(=O)/C(=C/c2cccc(Br)c2)SC1=S)NNC(=O)c1ccc(Cl)cc1Cl. The largest absolute Gasteiger partial charge is 0.292 e. The summed E-state index contributed by atoms with van der Waals surface area (Å²) in [5.41, 5.74) is 5.60. The molecule has 11 heteroatoms. The Morgan fingerprint density at radius 3 is 2.65 bits per heavy atom. The topological polar surface area (TPSA) is 78.5 Å². The molecule has 1 fully saturated rings. The zero-order valence-corrected chi connectivity index (χ0v) is 20.4. The molecule has 3 amide bonds. The number of hydrogen-bond donors (Lipinski definition) is 2. The number of rotatable bonds is 5. The van der Waals surface area contributed by atoms with Gasteiger partial charge in [0.15, 0.2) is 0 Å². The first kappa shape index (κ1) is 23.7. The van der Waals surface area contributed by atoms with Crippen molar-refractivity contribution >= 4 is 91.2 Å². The second kappa shape index (κ2) is 10.6. The number of carbonyl (C=O) groups is 3. The van der Waals surface area contributed by atoms with E-state index in [9.17, 15) is 14.4 Å². The summed E-state index contributed by atoms with van der Waals surface area (Å²) in [7, 11) is 0. The second-order valence-electron chi connectivity index (χ2n) is 6.26. The van der Waals surface area contributed by atoms with Gasteiger partial charge in [0.05, 0.1) is 15.5 Å². The fourth-order valence-electron chi connectivity index (χ4n) is 2.58. The van der Waals surface area contributed by atoms with Crippen LogP contribution >= 0.6 is 63.1 Å². The van der Waals surface area contributed by atoms with Crippen molar-refractivity contribution in [2.75, 3.05) is 6.54 Å². The number of halogens is 3.